The summed E-state index contributed by atoms with van der Waals surface area (Å²) in [7, 11) is 0. The van der Waals surface area contributed by atoms with Crippen LogP contribution in [0.1, 0.15) is 39.3 Å². The highest BCUT2D eigenvalue weighted by atomic mass is 19.1. The standard InChI is InChI=1S/C23H21F2N3O4/c24-15-9-10-17(19(25)13-15)22(30)26-11-3-8-21(29)28-20-7-2-1-6-18(20)23(31)27-14-16-5-4-12-32-16/h1-2,4-7,9-10,12-13H,3,8,11,14H2,(H,26,30)(H,27,31)(H,28,29). The van der Waals surface area contributed by atoms with Crippen LogP contribution in [0.25, 0.3) is 0 Å². The molecule has 0 saturated heterocycles. The molecular formula is C23H21F2N3O4. The van der Waals surface area contributed by atoms with Gasteiger partial charge >= 0.3 is 0 Å². The lowest BCUT2D eigenvalue weighted by molar-refractivity contribution is -0.116. The number of halogens is 2. The number of furan rings is 1. The summed E-state index contributed by atoms with van der Waals surface area (Å²) in [4.78, 5) is 36.7. The van der Waals surface area contributed by atoms with Gasteiger partial charge in [0.2, 0.25) is 5.91 Å². The minimum absolute atomic E-state index is 0.0640. The summed E-state index contributed by atoms with van der Waals surface area (Å²) in [6.07, 6.45) is 1.86. The van der Waals surface area contributed by atoms with Gasteiger partial charge in [0.1, 0.15) is 17.4 Å². The van der Waals surface area contributed by atoms with Crippen molar-refractivity contribution in [1.29, 1.82) is 0 Å². The first-order valence-corrected chi connectivity index (χ1v) is 9.87. The highest BCUT2D eigenvalue weighted by molar-refractivity contribution is 6.03. The number of amides is 3. The quantitative estimate of drug-likeness (QED) is 0.442. The Bertz CT molecular complexity index is 1100. The van der Waals surface area contributed by atoms with Crippen molar-refractivity contribution in [2.24, 2.45) is 0 Å². The molecule has 2 aromatic carbocycles. The maximum atomic E-state index is 13.6. The fraction of sp³-hybridized carbons (Fsp3) is 0.174. The summed E-state index contributed by atoms with van der Waals surface area (Å²) in [6, 6.07) is 12.7. The van der Waals surface area contributed by atoms with E-state index in [-0.39, 0.29) is 43.3 Å². The molecule has 0 aliphatic heterocycles. The molecule has 0 atom stereocenters. The molecule has 32 heavy (non-hydrogen) atoms. The molecule has 0 aliphatic carbocycles. The van der Waals surface area contributed by atoms with Crippen LogP contribution in [0.4, 0.5) is 14.5 Å². The van der Waals surface area contributed by atoms with Crippen molar-refractivity contribution in [3.8, 4) is 0 Å². The molecule has 0 spiro atoms. The highest BCUT2D eigenvalue weighted by Crippen LogP contribution is 2.16. The molecule has 0 unspecified atom stereocenters. The van der Waals surface area contributed by atoms with E-state index in [2.05, 4.69) is 16.0 Å². The number of carbonyl (C=O) groups is 3. The molecule has 166 valence electrons. The van der Waals surface area contributed by atoms with E-state index in [0.29, 0.717) is 23.1 Å². The summed E-state index contributed by atoms with van der Waals surface area (Å²) in [6.45, 7) is 0.330. The van der Waals surface area contributed by atoms with Gasteiger partial charge in [-0.25, -0.2) is 8.78 Å². The van der Waals surface area contributed by atoms with Crippen molar-refractivity contribution < 1.29 is 27.6 Å². The van der Waals surface area contributed by atoms with Gasteiger partial charge in [-0.3, -0.25) is 14.4 Å². The molecule has 9 heteroatoms. The molecule has 0 bridgehead atoms. The predicted molar refractivity (Wildman–Crippen MR) is 113 cm³/mol. The SMILES string of the molecule is O=C(CCCNC(=O)c1ccc(F)cc1F)Nc1ccccc1C(=O)NCc1ccco1. The molecular weight excluding hydrogens is 420 g/mol. The summed E-state index contributed by atoms with van der Waals surface area (Å²) >= 11 is 0. The monoisotopic (exact) mass is 441 g/mol. The second-order valence-corrected chi connectivity index (χ2v) is 6.84. The molecule has 3 aromatic rings. The Labute approximate surface area is 182 Å². The molecule has 3 amide bonds. The Morgan fingerprint density at radius 2 is 1.66 bits per heavy atom. The maximum Gasteiger partial charge on any atom is 0.254 e. The van der Waals surface area contributed by atoms with E-state index in [9.17, 15) is 23.2 Å². The zero-order valence-corrected chi connectivity index (χ0v) is 17.0. The van der Waals surface area contributed by atoms with Crippen molar-refractivity contribution in [3.63, 3.8) is 0 Å². The summed E-state index contributed by atoms with van der Waals surface area (Å²) in [5.41, 5.74) is 0.379. The van der Waals surface area contributed by atoms with Crippen LogP contribution in [0.3, 0.4) is 0 Å². The average Bonchev–Trinajstić information content (AvgIpc) is 3.29. The normalized spacial score (nSPS) is 10.4. The third kappa shape index (κ3) is 6.24. The fourth-order valence-electron chi connectivity index (χ4n) is 2.90. The van der Waals surface area contributed by atoms with Crippen molar-refractivity contribution in [1.82, 2.24) is 10.6 Å². The van der Waals surface area contributed by atoms with E-state index in [1.807, 2.05) is 0 Å². The van der Waals surface area contributed by atoms with Crippen LogP contribution in [0.2, 0.25) is 0 Å². The Hall–Kier alpha value is -4.01. The van der Waals surface area contributed by atoms with E-state index in [0.717, 1.165) is 12.1 Å². The first kappa shape index (κ1) is 22.7. The smallest absolute Gasteiger partial charge is 0.254 e. The Morgan fingerprint density at radius 1 is 0.875 bits per heavy atom. The van der Waals surface area contributed by atoms with E-state index in [1.54, 1.807) is 36.4 Å². The van der Waals surface area contributed by atoms with Crippen LogP contribution >= 0.6 is 0 Å². The van der Waals surface area contributed by atoms with Gasteiger partial charge in [0.25, 0.3) is 11.8 Å². The number of para-hydroxylation sites is 1. The predicted octanol–water partition coefficient (Wildman–Crippen LogP) is 3.64. The van der Waals surface area contributed by atoms with Gasteiger partial charge in [0.05, 0.1) is 29.6 Å². The van der Waals surface area contributed by atoms with Crippen LogP contribution in [0.5, 0.6) is 0 Å². The largest absolute Gasteiger partial charge is 0.467 e. The first-order chi connectivity index (χ1) is 15.4. The minimum atomic E-state index is -0.956. The maximum absolute atomic E-state index is 13.6. The van der Waals surface area contributed by atoms with Gasteiger partial charge in [-0.05, 0) is 42.8 Å². The minimum Gasteiger partial charge on any atom is -0.467 e. The number of carbonyl (C=O) groups excluding carboxylic acids is 3. The fourth-order valence-corrected chi connectivity index (χ4v) is 2.90. The summed E-state index contributed by atoms with van der Waals surface area (Å²) < 4.78 is 31.7. The van der Waals surface area contributed by atoms with Gasteiger partial charge < -0.3 is 20.4 Å². The molecule has 0 aliphatic rings. The molecule has 3 N–H and O–H groups in total. The highest BCUT2D eigenvalue weighted by Gasteiger charge is 2.14. The van der Waals surface area contributed by atoms with Crippen molar-refractivity contribution in [2.45, 2.75) is 19.4 Å². The van der Waals surface area contributed by atoms with Crippen molar-refractivity contribution in [3.05, 3.63) is 89.4 Å². The van der Waals surface area contributed by atoms with Crippen LogP contribution in [0, 0.1) is 11.6 Å². The second kappa shape index (κ2) is 10.9. The summed E-state index contributed by atoms with van der Waals surface area (Å²) in [5, 5.41) is 7.88. The molecule has 0 radical (unpaired) electrons. The number of benzene rings is 2. The Balaban J connectivity index is 1.46. The lowest BCUT2D eigenvalue weighted by Gasteiger charge is -2.11. The van der Waals surface area contributed by atoms with Gasteiger partial charge in [0, 0.05) is 19.0 Å². The van der Waals surface area contributed by atoms with Crippen LogP contribution in [-0.2, 0) is 11.3 Å². The van der Waals surface area contributed by atoms with Gasteiger partial charge in [0.15, 0.2) is 0 Å². The molecule has 1 heterocycles. The van der Waals surface area contributed by atoms with E-state index in [4.69, 9.17) is 4.42 Å². The molecule has 0 fully saturated rings. The lowest BCUT2D eigenvalue weighted by Crippen LogP contribution is -2.27. The van der Waals surface area contributed by atoms with Crippen LogP contribution < -0.4 is 16.0 Å². The molecule has 3 rings (SSSR count). The van der Waals surface area contributed by atoms with Crippen molar-refractivity contribution in [2.75, 3.05) is 11.9 Å². The van der Waals surface area contributed by atoms with Gasteiger partial charge in [-0.2, -0.15) is 0 Å². The van der Waals surface area contributed by atoms with E-state index in [1.165, 1.54) is 6.26 Å². The Kier molecular flexibility index (Phi) is 7.69. The summed E-state index contributed by atoms with van der Waals surface area (Å²) in [5.74, 6) is -2.54. The lowest BCUT2D eigenvalue weighted by atomic mass is 10.1. The Morgan fingerprint density at radius 3 is 2.41 bits per heavy atom. The number of hydrogen-bond donors (Lipinski definition) is 3. The van der Waals surface area contributed by atoms with Gasteiger partial charge in [-0.15, -0.1) is 0 Å². The van der Waals surface area contributed by atoms with Crippen LogP contribution in [-0.4, -0.2) is 24.3 Å². The molecule has 7 nitrogen and oxygen atoms in total. The van der Waals surface area contributed by atoms with E-state index < -0.39 is 17.5 Å². The average molecular weight is 441 g/mol. The topological polar surface area (TPSA) is 100 Å². The van der Waals surface area contributed by atoms with Gasteiger partial charge in [-0.1, -0.05) is 12.1 Å². The molecule has 1 aromatic heterocycles. The number of rotatable bonds is 9. The zero-order chi connectivity index (χ0) is 22.9. The molecule has 0 saturated carbocycles. The number of hydrogen-bond acceptors (Lipinski definition) is 4. The number of anilines is 1. The number of nitrogens with one attached hydrogen (secondary N) is 3. The van der Waals surface area contributed by atoms with E-state index >= 15 is 0 Å². The first-order valence-electron chi connectivity index (χ1n) is 9.87. The third-order valence-electron chi connectivity index (χ3n) is 4.49. The van der Waals surface area contributed by atoms with Crippen LogP contribution in [0.15, 0.2) is 65.3 Å². The van der Waals surface area contributed by atoms with Crippen molar-refractivity contribution >= 4 is 23.4 Å². The third-order valence-corrected chi connectivity index (χ3v) is 4.49. The zero-order valence-electron chi connectivity index (χ0n) is 17.0. The second-order valence-electron chi connectivity index (χ2n) is 6.84.